The smallest absolute Gasteiger partial charge is 0.488 e. The van der Waals surface area contributed by atoms with Crippen LogP contribution in [0.5, 0.6) is 17.2 Å². The van der Waals surface area contributed by atoms with Gasteiger partial charge in [0, 0.05) is 0 Å². The first-order valence-corrected chi connectivity index (χ1v) is 8.39. The molecule has 0 heterocycles. The Balaban J connectivity index is 1.79. The van der Waals surface area contributed by atoms with Crippen molar-refractivity contribution in [3.63, 3.8) is 0 Å². The molecule has 0 bridgehead atoms. The van der Waals surface area contributed by atoms with E-state index >= 15 is 0 Å². The summed E-state index contributed by atoms with van der Waals surface area (Å²) < 4.78 is 11.6. The van der Waals surface area contributed by atoms with E-state index < -0.39 is 7.12 Å². The second kappa shape index (κ2) is 8.41. The molecule has 0 unspecified atom stereocenters. The van der Waals surface area contributed by atoms with Crippen molar-refractivity contribution >= 4 is 18.3 Å². The van der Waals surface area contributed by atoms with E-state index in [1.165, 1.54) is 0 Å². The van der Waals surface area contributed by atoms with E-state index in [0.29, 0.717) is 34.0 Å². The third-order valence-corrected chi connectivity index (χ3v) is 4.01. The summed E-state index contributed by atoms with van der Waals surface area (Å²) in [5.41, 5.74) is 2.64. The van der Waals surface area contributed by atoms with Gasteiger partial charge in [0.25, 0.3) is 0 Å². The van der Waals surface area contributed by atoms with Crippen LogP contribution in [0, 0.1) is 13.5 Å². The minimum atomic E-state index is -1.60. The molecule has 0 aliphatic heterocycles. The van der Waals surface area contributed by atoms with E-state index in [4.69, 9.17) is 16.0 Å². The molecule has 0 aliphatic carbocycles. The molecule has 2 N–H and O–H groups in total. The van der Waals surface area contributed by atoms with Crippen molar-refractivity contribution < 1.29 is 19.5 Å². The predicted octanol–water partition coefficient (Wildman–Crippen LogP) is 3.60. The van der Waals surface area contributed by atoms with Gasteiger partial charge in [-0.05, 0) is 54.3 Å². The Kier molecular flexibility index (Phi) is 5.77. The monoisotopic (exact) mass is 359 g/mol. The van der Waals surface area contributed by atoms with E-state index in [-0.39, 0.29) is 6.61 Å². The normalized spacial score (nSPS) is 10.1. The molecule has 0 aromatic heterocycles. The highest BCUT2D eigenvalue weighted by Crippen LogP contribution is 2.25. The summed E-state index contributed by atoms with van der Waals surface area (Å²) in [6.45, 7) is 9.15. The minimum absolute atomic E-state index is 0.171. The lowest BCUT2D eigenvalue weighted by atomic mass is 9.77. The maximum absolute atomic E-state index is 9.61. The van der Waals surface area contributed by atoms with Crippen LogP contribution in [0.15, 0.2) is 66.7 Å². The van der Waals surface area contributed by atoms with Gasteiger partial charge < -0.3 is 19.5 Å². The van der Waals surface area contributed by atoms with Gasteiger partial charge in [-0.25, -0.2) is 4.85 Å². The van der Waals surface area contributed by atoms with Gasteiger partial charge in [0.05, 0.1) is 6.57 Å². The first kappa shape index (κ1) is 18.5. The molecule has 0 fully saturated rings. The fraction of sp³-hybridized carbons (Fsp3) is 0.0952. The molecule has 0 atom stereocenters. The van der Waals surface area contributed by atoms with E-state index in [0.717, 1.165) is 5.56 Å². The van der Waals surface area contributed by atoms with Gasteiger partial charge in [-0.15, -0.1) is 0 Å². The van der Waals surface area contributed by atoms with Crippen molar-refractivity contribution in [2.24, 2.45) is 0 Å². The highest BCUT2D eigenvalue weighted by atomic mass is 16.5. The fourth-order valence-corrected chi connectivity index (χ4v) is 2.54. The Hall–Kier alpha value is -3.27. The summed E-state index contributed by atoms with van der Waals surface area (Å²) in [5.74, 6) is 1.82. The average Bonchev–Trinajstić information content (AvgIpc) is 2.68. The summed E-state index contributed by atoms with van der Waals surface area (Å²) in [7, 11) is -1.60. The van der Waals surface area contributed by atoms with Crippen molar-refractivity contribution in [1.82, 2.24) is 0 Å². The van der Waals surface area contributed by atoms with Crippen LogP contribution in [0.3, 0.4) is 0 Å². The maximum atomic E-state index is 9.61. The van der Waals surface area contributed by atoms with Crippen LogP contribution < -0.4 is 14.9 Å². The summed E-state index contributed by atoms with van der Waals surface area (Å²) in [4.78, 5) is 3.34. The highest BCUT2D eigenvalue weighted by molar-refractivity contribution is 6.59. The summed E-state index contributed by atoms with van der Waals surface area (Å²) in [6, 6.07) is 19.4. The van der Waals surface area contributed by atoms with E-state index in [1.54, 1.807) is 42.5 Å². The Morgan fingerprint density at radius 3 is 2.15 bits per heavy atom. The number of nitrogens with zero attached hydrogens (tertiary/aromatic N) is 1. The summed E-state index contributed by atoms with van der Waals surface area (Å²) in [5, 5.41) is 19.2. The van der Waals surface area contributed by atoms with Gasteiger partial charge in [-0.2, -0.15) is 0 Å². The Morgan fingerprint density at radius 2 is 1.52 bits per heavy atom. The maximum Gasteiger partial charge on any atom is 0.488 e. The number of benzene rings is 3. The van der Waals surface area contributed by atoms with Gasteiger partial charge in [0.1, 0.15) is 23.9 Å². The lowest BCUT2D eigenvalue weighted by Crippen LogP contribution is -2.33. The molecule has 3 rings (SSSR count). The molecule has 0 spiro atoms. The highest BCUT2D eigenvalue weighted by Gasteiger charge is 2.17. The van der Waals surface area contributed by atoms with Crippen molar-refractivity contribution in [3.05, 3.63) is 89.3 Å². The van der Waals surface area contributed by atoms with E-state index in [1.807, 2.05) is 31.2 Å². The second-order valence-electron chi connectivity index (χ2n) is 6.04. The summed E-state index contributed by atoms with van der Waals surface area (Å²) in [6.07, 6.45) is 0. The van der Waals surface area contributed by atoms with Crippen LogP contribution in [-0.2, 0) is 6.61 Å². The number of hydrogen-bond donors (Lipinski definition) is 2. The van der Waals surface area contributed by atoms with Crippen molar-refractivity contribution in [2.75, 3.05) is 0 Å². The summed E-state index contributed by atoms with van der Waals surface area (Å²) >= 11 is 0. The number of rotatable bonds is 6. The molecule has 27 heavy (non-hydrogen) atoms. The van der Waals surface area contributed by atoms with Crippen LogP contribution >= 0.6 is 0 Å². The third-order valence-electron chi connectivity index (χ3n) is 4.01. The van der Waals surface area contributed by atoms with Gasteiger partial charge in [0.15, 0.2) is 5.69 Å². The quantitative estimate of drug-likeness (QED) is 0.522. The Labute approximate surface area is 158 Å². The van der Waals surface area contributed by atoms with Crippen LogP contribution in [0.25, 0.3) is 4.85 Å². The van der Waals surface area contributed by atoms with Gasteiger partial charge in [-0.3, -0.25) is 0 Å². The third kappa shape index (κ3) is 4.88. The standard InChI is InChI=1S/C21H18BNO4/c1-15-3-7-18(8-4-15)26-14-16-13-20(11-12-21(16)22(24)25)27-19-9-5-17(23-2)6-10-19/h3-13,24-25H,14H2,1H3. The Bertz CT molecular complexity index is 947. The van der Waals surface area contributed by atoms with Gasteiger partial charge in [0.2, 0.25) is 0 Å². The van der Waals surface area contributed by atoms with Crippen molar-refractivity contribution in [2.45, 2.75) is 13.5 Å². The van der Waals surface area contributed by atoms with Crippen molar-refractivity contribution in [3.8, 4) is 17.2 Å². The molecule has 0 aliphatic rings. The minimum Gasteiger partial charge on any atom is -0.489 e. The van der Waals surface area contributed by atoms with Gasteiger partial charge in [-0.1, -0.05) is 35.9 Å². The average molecular weight is 359 g/mol. The topological polar surface area (TPSA) is 63.3 Å². The molecule has 0 saturated heterocycles. The molecule has 3 aromatic carbocycles. The lowest BCUT2D eigenvalue weighted by Gasteiger charge is -2.13. The predicted molar refractivity (Wildman–Crippen MR) is 105 cm³/mol. The molecule has 0 radical (unpaired) electrons. The number of ether oxygens (including phenoxy) is 2. The molecule has 0 amide bonds. The zero-order valence-electron chi connectivity index (χ0n) is 14.8. The largest absolute Gasteiger partial charge is 0.489 e. The molecule has 5 nitrogen and oxygen atoms in total. The lowest BCUT2D eigenvalue weighted by molar-refractivity contribution is 0.305. The second-order valence-corrected chi connectivity index (χ2v) is 6.04. The van der Waals surface area contributed by atoms with Crippen LogP contribution in [0.4, 0.5) is 5.69 Å². The number of aryl methyl sites for hydroxylation is 1. The zero-order chi connectivity index (χ0) is 19.2. The van der Waals surface area contributed by atoms with E-state index in [2.05, 4.69) is 4.85 Å². The molecule has 3 aromatic rings. The molecular formula is C21H18BNO4. The first-order chi connectivity index (χ1) is 13.0. The fourth-order valence-electron chi connectivity index (χ4n) is 2.54. The zero-order valence-corrected chi connectivity index (χ0v) is 14.8. The molecule has 0 saturated carbocycles. The van der Waals surface area contributed by atoms with E-state index in [9.17, 15) is 10.0 Å². The molecule has 134 valence electrons. The Morgan fingerprint density at radius 1 is 0.889 bits per heavy atom. The molecular weight excluding hydrogens is 341 g/mol. The van der Waals surface area contributed by atoms with Crippen LogP contribution in [0.1, 0.15) is 11.1 Å². The van der Waals surface area contributed by atoms with Crippen LogP contribution in [0.2, 0.25) is 0 Å². The molecule has 6 heteroatoms. The SMILES string of the molecule is [C-]#[N+]c1ccc(Oc2ccc(B(O)O)c(COc3ccc(C)cc3)c2)cc1. The number of hydrogen-bond acceptors (Lipinski definition) is 4. The van der Waals surface area contributed by atoms with Crippen molar-refractivity contribution in [1.29, 1.82) is 0 Å². The van der Waals surface area contributed by atoms with Crippen LogP contribution in [-0.4, -0.2) is 17.2 Å². The first-order valence-electron chi connectivity index (χ1n) is 8.39. The van der Waals surface area contributed by atoms with Gasteiger partial charge >= 0.3 is 7.12 Å².